The zero-order valence-corrected chi connectivity index (χ0v) is 13.7. The van der Waals surface area contributed by atoms with E-state index in [1.807, 2.05) is 13.0 Å². The van der Waals surface area contributed by atoms with Gasteiger partial charge in [0.1, 0.15) is 5.75 Å². The summed E-state index contributed by atoms with van der Waals surface area (Å²) in [7, 11) is 0. The van der Waals surface area contributed by atoms with Crippen LogP contribution in [0.15, 0.2) is 30.3 Å². The number of amides is 2. The lowest BCUT2D eigenvalue weighted by Crippen LogP contribution is -2.41. The predicted octanol–water partition coefficient (Wildman–Crippen LogP) is 2.71. The maximum atomic E-state index is 12.2. The van der Waals surface area contributed by atoms with Gasteiger partial charge in [0.25, 0.3) is 11.8 Å². The van der Waals surface area contributed by atoms with Gasteiger partial charge in [-0.05, 0) is 49.9 Å². The second-order valence-corrected chi connectivity index (χ2v) is 6.39. The van der Waals surface area contributed by atoms with Crippen molar-refractivity contribution in [2.24, 2.45) is 0 Å². The summed E-state index contributed by atoms with van der Waals surface area (Å²) in [6.45, 7) is 2.32. The monoisotopic (exact) mass is 330 g/mol. The van der Waals surface area contributed by atoms with Crippen molar-refractivity contribution in [3.8, 4) is 5.75 Å². The molecule has 1 aromatic heterocycles. The molecule has 0 atom stereocenters. The van der Waals surface area contributed by atoms with Crippen LogP contribution in [0.2, 0.25) is 0 Å². The highest BCUT2D eigenvalue weighted by molar-refractivity contribution is 7.14. The molecule has 1 aliphatic rings. The van der Waals surface area contributed by atoms with E-state index in [0.29, 0.717) is 22.8 Å². The Balaban J connectivity index is 1.63. The summed E-state index contributed by atoms with van der Waals surface area (Å²) in [4.78, 5) is 26.3. The molecule has 3 rings (SSSR count). The van der Waals surface area contributed by atoms with E-state index in [1.165, 1.54) is 21.8 Å². The van der Waals surface area contributed by atoms with Crippen LogP contribution in [0, 0.1) is 0 Å². The van der Waals surface area contributed by atoms with Crippen LogP contribution in [0.25, 0.3) is 0 Å². The summed E-state index contributed by atoms with van der Waals surface area (Å²) in [6, 6.07) is 8.86. The molecule has 0 radical (unpaired) electrons. The van der Waals surface area contributed by atoms with Gasteiger partial charge in [-0.1, -0.05) is 12.1 Å². The molecule has 0 saturated heterocycles. The molecule has 2 N–H and O–H groups in total. The summed E-state index contributed by atoms with van der Waals surface area (Å²) in [6.07, 6.45) is 3.24. The Labute approximate surface area is 138 Å². The average Bonchev–Trinajstić information content (AvgIpc) is 3.15. The van der Waals surface area contributed by atoms with Gasteiger partial charge in [0, 0.05) is 4.88 Å². The van der Waals surface area contributed by atoms with Crippen molar-refractivity contribution < 1.29 is 14.3 Å². The van der Waals surface area contributed by atoms with Crippen LogP contribution in [0.4, 0.5) is 0 Å². The molecule has 5 nitrogen and oxygen atoms in total. The van der Waals surface area contributed by atoms with Gasteiger partial charge in [0.15, 0.2) is 0 Å². The number of carbonyl (C=O) groups excluding carboxylic acids is 2. The fraction of sp³-hybridized carbons (Fsp3) is 0.294. The second kappa shape index (κ2) is 6.83. The highest BCUT2D eigenvalue weighted by Gasteiger charge is 2.19. The van der Waals surface area contributed by atoms with Crippen LogP contribution in [-0.4, -0.2) is 18.4 Å². The van der Waals surface area contributed by atoms with E-state index >= 15 is 0 Å². The topological polar surface area (TPSA) is 67.4 Å². The SMILES string of the molecule is CCOc1ccccc1C(=O)NNC(=O)c1cc2c(s1)CCC2. The maximum Gasteiger partial charge on any atom is 0.279 e. The highest BCUT2D eigenvalue weighted by atomic mass is 32.1. The minimum atomic E-state index is -0.397. The number of para-hydroxylation sites is 1. The van der Waals surface area contributed by atoms with E-state index in [2.05, 4.69) is 10.9 Å². The number of nitrogens with one attached hydrogen (secondary N) is 2. The molecule has 1 aromatic carbocycles. The first kappa shape index (κ1) is 15.6. The minimum Gasteiger partial charge on any atom is -0.493 e. The zero-order valence-electron chi connectivity index (χ0n) is 12.8. The fourth-order valence-electron chi connectivity index (χ4n) is 2.62. The Kier molecular flexibility index (Phi) is 4.62. The van der Waals surface area contributed by atoms with Crippen molar-refractivity contribution in [3.63, 3.8) is 0 Å². The van der Waals surface area contributed by atoms with Gasteiger partial charge in [-0.25, -0.2) is 0 Å². The normalized spacial score (nSPS) is 12.6. The molecular formula is C17H18N2O3S. The smallest absolute Gasteiger partial charge is 0.279 e. The van der Waals surface area contributed by atoms with E-state index in [1.54, 1.807) is 24.3 Å². The van der Waals surface area contributed by atoms with Gasteiger partial charge in [0.2, 0.25) is 0 Å². The lowest BCUT2D eigenvalue weighted by molar-refractivity contribution is 0.0846. The van der Waals surface area contributed by atoms with Crippen LogP contribution in [0.3, 0.4) is 0 Å². The zero-order chi connectivity index (χ0) is 16.2. The number of benzene rings is 1. The molecule has 0 aliphatic heterocycles. The summed E-state index contributed by atoms with van der Waals surface area (Å²) in [5.41, 5.74) is 6.57. The van der Waals surface area contributed by atoms with Crippen molar-refractivity contribution in [2.75, 3.05) is 6.61 Å². The maximum absolute atomic E-state index is 12.2. The number of hydrazine groups is 1. The number of hydrogen-bond donors (Lipinski definition) is 2. The number of thiophene rings is 1. The molecule has 0 unspecified atom stereocenters. The van der Waals surface area contributed by atoms with Gasteiger partial charge >= 0.3 is 0 Å². The Hall–Kier alpha value is -2.34. The quantitative estimate of drug-likeness (QED) is 0.847. The molecule has 2 aromatic rings. The van der Waals surface area contributed by atoms with Crippen LogP contribution < -0.4 is 15.6 Å². The van der Waals surface area contributed by atoms with E-state index in [4.69, 9.17) is 4.74 Å². The third-order valence-corrected chi connectivity index (χ3v) is 4.93. The number of rotatable bonds is 4. The van der Waals surface area contributed by atoms with Gasteiger partial charge in [0.05, 0.1) is 17.0 Å². The molecular weight excluding hydrogens is 312 g/mol. The largest absolute Gasteiger partial charge is 0.493 e. The molecule has 0 spiro atoms. The third-order valence-electron chi connectivity index (χ3n) is 3.69. The Bertz CT molecular complexity index is 718. The minimum absolute atomic E-state index is 0.286. The molecule has 120 valence electrons. The van der Waals surface area contributed by atoms with Gasteiger partial charge in [-0.3, -0.25) is 20.4 Å². The molecule has 6 heteroatoms. The molecule has 0 bridgehead atoms. The molecule has 1 aliphatic carbocycles. The Morgan fingerprint density at radius 2 is 1.96 bits per heavy atom. The van der Waals surface area contributed by atoms with Crippen molar-refractivity contribution >= 4 is 23.2 Å². The summed E-state index contributed by atoms with van der Waals surface area (Å²) >= 11 is 1.50. The van der Waals surface area contributed by atoms with E-state index in [-0.39, 0.29) is 5.91 Å². The number of fused-ring (bicyclic) bond motifs is 1. The van der Waals surface area contributed by atoms with Crippen molar-refractivity contribution in [1.82, 2.24) is 10.9 Å². The Morgan fingerprint density at radius 3 is 2.74 bits per heavy atom. The van der Waals surface area contributed by atoms with Crippen LogP contribution in [0.1, 0.15) is 43.8 Å². The summed E-state index contributed by atoms with van der Waals surface area (Å²) in [5.74, 6) is -0.185. The second-order valence-electron chi connectivity index (χ2n) is 5.25. The number of ether oxygens (including phenoxy) is 1. The predicted molar refractivity (Wildman–Crippen MR) is 88.9 cm³/mol. The van der Waals surface area contributed by atoms with Crippen molar-refractivity contribution in [1.29, 1.82) is 0 Å². The lowest BCUT2D eigenvalue weighted by Gasteiger charge is -2.10. The first-order valence-corrected chi connectivity index (χ1v) is 8.44. The number of aryl methyl sites for hydroxylation is 2. The third kappa shape index (κ3) is 3.37. The van der Waals surface area contributed by atoms with Gasteiger partial charge < -0.3 is 4.74 Å². The summed E-state index contributed by atoms with van der Waals surface area (Å²) < 4.78 is 5.42. The van der Waals surface area contributed by atoms with Crippen molar-refractivity contribution in [3.05, 3.63) is 51.2 Å². The molecule has 23 heavy (non-hydrogen) atoms. The van der Waals surface area contributed by atoms with E-state index < -0.39 is 5.91 Å². The van der Waals surface area contributed by atoms with Gasteiger partial charge in [-0.15, -0.1) is 11.3 Å². The highest BCUT2D eigenvalue weighted by Crippen LogP contribution is 2.30. The molecule has 2 amide bonds. The van der Waals surface area contributed by atoms with Crippen LogP contribution in [-0.2, 0) is 12.8 Å². The fourth-order valence-corrected chi connectivity index (χ4v) is 3.77. The van der Waals surface area contributed by atoms with Crippen LogP contribution >= 0.6 is 11.3 Å². The Morgan fingerprint density at radius 1 is 1.17 bits per heavy atom. The van der Waals surface area contributed by atoms with E-state index in [0.717, 1.165) is 19.3 Å². The molecule has 0 fully saturated rings. The summed E-state index contributed by atoms with van der Waals surface area (Å²) in [5, 5.41) is 0. The first-order chi connectivity index (χ1) is 11.2. The standard InChI is InChI=1S/C17H18N2O3S/c1-2-22-13-8-4-3-7-12(13)16(20)18-19-17(21)15-10-11-6-5-9-14(11)23-15/h3-4,7-8,10H,2,5-6,9H2,1H3,(H,18,20)(H,19,21). The van der Waals surface area contributed by atoms with Gasteiger partial charge in [-0.2, -0.15) is 0 Å². The number of hydrogen-bond acceptors (Lipinski definition) is 4. The first-order valence-electron chi connectivity index (χ1n) is 7.63. The molecule has 1 heterocycles. The molecule has 0 saturated carbocycles. The van der Waals surface area contributed by atoms with E-state index in [9.17, 15) is 9.59 Å². The van der Waals surface area contributed by atoms with Crippen molar-refractivity contribution in [2.45, 2.75) is 26.2 Å². The van der Waals surface area contributed by atoms with Crippen LogP contribution in [0.5, 0.6) is 5.75 Å². The number of carbonyl (C=O) groups is 2. The lowest BCUT2D eigenvalue weighted by atomic mass is 10.2. The average molecular weight is 330 g/mol.